The maximum Gasteiger partial charge on any atom is 1.00 e. The number of ketones is 1. The van der Waals surface area contributed by atoms with Crippen LogP contribution in [0, 0.1) is 0 Å². The molecule has 116 valence electrons. The molecular formula is C13H21KO7. The molecule has 0 saturated carbocycles. The zero-order valence-corrected chi connectivity index (χ0v) is 16.5. The summed E-state index contributed by atoms with van der Waals surface area (Å²) < 4.78 is 20.3. The van der Waals surface area contributed by atoms with Crippen LogP contribution in [0.2, 0.25) is 0 Å². The number of aliphatic carboxylic acids is 1. The Balaban J connectivity index is 0.000000364. The molecule has 0 aliphatic carbocycles. The van der Waals surface area contributed by atoms with E-state index < -0.39 is 23.6 Å². The molecule has 0 N–H and O–H groups in total. The Hall–Kier alpha value is 0.616. The van der Waals surface area contributed by atoms with Crippen LogP contribution in [0.15, 0.2) is 0 Å². The van der Waals surface area contributed by atoms with Gasteiger partial charge in [0, 0.05) is 0 Å². The second-order valence-electron chi connectivity index (χ2n) is 5.56. The zero-order valence-electron chi connectivity index (χ0n) is 13.4. The van der Waals surface area contributed by atoms with Crippen LogP contribution < -0.4 is 56.5 Å². The molecule has 2 rings (SSSR count). The first kappa shape index (κ1) is 21.6. The fourth-order valence-electron chi connectivity index (χ4n) is 1.69. The van der Waals surface area contributed by atoms with Gasteiger partial charge >= 0.3 is 51.4 Å². The van der Waals surface area contributed by atoms with Crippen LogP contribution >= 0.6 is 0 Å². The Bertz CT molecular complexity index is 345. The molecule has 2 saturated heterocycles. The molecule has 8 heteroatoms. The second-order valence-corrected chi connectivity index (χ2v) is 5.56. The average Bonchev–Trinajstić information content (AvgIpc) is 2.82. The summed E-state index contributed by atoms with van der Waals surface area (Å²) in [5, 5.41) is 10.2. The molecule has 2 aliphatic rings. The first-order valence-corrected chi connectivity index (χ1v) is 6.37. The summed E-state index contributed by atoms with van der Waals surface area (Å²) in [5.74, 6) is -2.53. The normalized spacial score (nSPS) is 29.0. The van der Waals surface area contributed by atoms with Gasteiger partial charge in [0.1, 0.15) is 12.2 Å². The third-order valence-electron chi connectivity index (χ3n) is 2.73. The molecule has 7 nitrogen and oxygen atoms in total. The van der Waals surface area contributed by atoms with Gasteiger partial charge < -0.3 is 28.8 Å². The van der Waals surface area contributed by atoms with Crippen LogP contribution in [0.1, 0.15) is 34.6 Å². The molecule has 2 fully saturated rings. The first-order valence-electron chi connectivity index (χ1n) is 6.37. The van der Waals surface area contributed by atoms with Gasteiger partial charge in [-0.1, -0.05) is 0 Å². The van der Waals surface area contributed by atoms with Crippen molar-refractivity contribution < 1.29 is 85.0 Å². The van der Waals surface area contributed by atoms with E-state index in [1.54, 1.807) is 27.7 Å². The average molecular weight is 328 g/mol. The predicted octanol–water partition coefficient (Wildman–Crippen LogP) is -3.38. The molecule has 0 aromatic carbocycles. The molecule has 21 heavy (non-hydrogen) atoms. The van der Waals surface area contributed by atoms with E-state index >= 15 is 0 Å². The van der Waals surface area contributed by atoms with Crippen molar-refractivity contribution in [3.63, 3.8) is 0 Å². The molecule has 0 radical (unpaired) electrons. The molecule has 0 spiro atoms. The van der Waals surface area contributed by atoms with Crippen molar-refractivity contribution in [3.05, 3.63) is 0 Å². The standard InChI is InChI=1S/C7H12O3.C6H10O4.K/c1-5(8)6-4-9-7(2,3)10-6;1-6(2)9-3-4(10-6)5(7)8;/h6H,4H2,1-3H3;4H,3H2,1-2H3,(H,7,8);/q;;+1/p-1. The molecule has 2 heterocycles. The fraction of sp³-hybridized carbons (Fsp3) is 0.846. The van der Waals surface area contributed by atoms with Gasteiger partial charge in [-0.15, -0.1) is 0 Å². The third-order valence-corrected chi connectivity index (χ3v) is 2.73. The molecule has 0 bridgehead atoms. The van der Waals surface area contributed by atoms with Gasteiger partial charge in [-0.05, 0) is 34.6 Å². The quantitative estimate of drug-likeness (QED) is 0.488. The van der Waals surface area contributed by atoms with E-state index in [1.165, 1.54) is 6.92 Å². The summed E-state index contributed by atoms with van der Waals surface area (Å²) in [7, 11) is 0. The molecule has 0 aromatic heterocycles. The number of hydrogen-bond acceptors (Lipinski definition) is 7. The number of carbonyl (C=O) groups excluding carboxylic acids is 2. The van der Waals surface area contributed by atoms with E-state index in [0.29, 0.717) is 6.61 Å². The maximum atomic E-state index is 10.7. The number of Topliss-reactive ketones (excluding diaryl/α,β-unsaturated/α-hetero) is 1. The van der Waals surface area contributed by atoms with Crippen LogP contribution in [-0.4, -0.2) is 48.7 Å². The number of carboxylic acids is 1. The zero-order chi connectivity index (χ0) is 15.6. The van der Waals surface area contributed by atoms with Crippen molar-refractivity contribution in [3.8, 4) is 0 Å². The van der Waals surface area contributed by atoms with Gasteiger partial charge in [0.05, 0.1) is 19.2 Å². The van der Waals surface area contributed by atoms with Gasteiger partial charge in [0.25, 0.3) is 0 Å². The number of hydrogen-bond donors (Lipinski definition) is 0. The molecule has 2 atom stereocenters. The van der Waals surface area contributed by atoms with Gasteiger partial charge in [0.15, 0.2) is 17.4 Å². The minimum Gasteiger partial charge on any atom is -0.547 e. The Morgan fingerprint density at radius 1 is 0.952 bits per heavy atom. The summed E-state index contributed by atoms with van der Waals surface area (Å²) in [6.45, 7) is 8.91. The summed E-state index contributed by atoms with van der Waals surface area (Å²) in [6, 6.07) is 0. The Labute approximate surface area is 167 Å². The van der Waals surface area contributed by atoms with Crippen LogP contribution in [0.4, 0.5) is 0 Å². The largest absolute Gasteiger partial charge is 1.00 e. The van der Waals surface area contributed by atoms with E-state index in [-0.39, 0.29) is 69.9 Å². The number of rotatable bonds is 2. The van der Waals surface area contributed by atoms with Crippen molar-refractivity contribution >= 4 is 11.8 Å². The van der Waals surface area contributed by atoms with Crippen LogP contribution in [0.25, 0.3) is 0 Å². The minimum atomic E-state index is -1.22. The number of ether oxygens (including phenoxy) is 4. The second kappa shape index (κ2) is 8.46. The fourth-order valence-corrected chi connectivity index (χ4v) is 1.69. The summed E-state index contributed by atoms with van der Waals surface area (Å²) in [4.78, 5) is 20.9. The predicted molar refractivity (Wildman–Crippen MR) is 65.5 cm³/mol. The Morgan fingerprint density at radius 2 is 1.33 bits per heavy atom. The number of carbonyl (C=O) groups is 2. The van der Waals surface area contributed by atoms with Crippen LogP contribution in [-0.2, 0) is 28.5 Å². The van der Waals surface area contributed by atoms with E-state index in [1.807, 2.05) is 0 Å². The van der Waals surface area contributed by atoms with E-state index in [0.717, 1.165) is 0 Å². The smallest absolute Gasteiger partial charge is 0.547 e. The monoisotopic (exact) mass is 328 g/mol. The van der Waals surface area contributed by atoms with Crippen LogP contribution in [0.5, 0.6) is 0 Å². The van der Waals surface area contributed by atoms with E-state index in [2.05, 4.69) is 0 Å². The van der Waals surface area contributed by atoms with Crippen molar-refractivity contribution in [1.82, 2.24) is 0 Å². The molecule has 0 amide bonds. The molecule has 2 unspecified atom stereocenters. The topological polar surface area (TPSA) is 94.1 Å². The van der Waals surface area contributed by atoms with E-state index in [4.69, 9.17) is 18.9 Å². The molecule has 0 aromatic rings. The molecular weight excluding hydrogens is 307 g/mol. The number of carboxylic acid groups (broad SMARTS) is 1. The Kier molecular flexibility index (Phi) is 8.71. The van der Waals surface area contributed by atoms with Gasteiger partial charge in [-0.2, -0.15) is 0 Å². The van der Waals surface area contributed by atoms with Crippen molar-refractivity contribution in [1.29, 1.82) is 0 Å². The third kappa shape index (κ3) is 7.62. The minimum absolute atomic E-state index is 0. The van der Waals surface area contributed by atoms with Gasteiger partial charge in [-0.3, -0.25) is 4.79 Å². The SMILES string of the molecule is CC(=O)C1COC(C)(C)O1.CC1(C)OCC(C(=O)[O-])O1.[K+]. The van der Waals surface area contributed by atoms with Gasteiger partial charge in [0.2, 0.25) is 0 Å². The van der Waals surface area contributed by atoms with Crippen molar-refractivity contribution in [2.24, 2.45) is 0 Å². The van der Waals surface area contributed by atoms with Crippen LogP contribution in [0.3, 0.4) is 0 Å². The molecule has 2 aliphatic heterocycles. The Morgan fingerprint density at radius 3 is 1.48 bits per heavy atom. The van der Waals surface area contributed by atoms with Crippen molar-refractivity contribution in [2.75, 3.05) is 13.2 Å². The first-order chi connectivity index (χ1) is 9.02. The van der Waals surface area contributed by atoms with E-state index in [9.17, 15) is 14.7 Å². The van der Waals surface area contributed by atoms with Crippen molar-refractivity contribution in [2.45, 2.75) is 58.4 Å². The maximum absolute atomic E-state index is 10.7. The summed E-state index contributed by atoms with van der Waals surface area (Å²) in [6.07, 6.45) is -1.26. The summed E-state index contributed by atoms with van der Waals surface area (Å²) in [5.41, 5.74) is 0. The van der Waals surface area contributed by atoms with Gasteiger partial charge in [-0.25, -0.2) is 0 Å². The summed E-state index contributed by atoms with van der Waals surface area (Å²) >= 11 is 0.